The lowest BCUT2D eigenvalue weighted by molar-refractivity contribution is 0.102. The third kappa shape index (κ3) is 4.15. The van der Waals surface area contributed by atoms with Crippen LogP contribution in [0, 0.1) is 5.82 Å². The first kappa shape index (κ1) is 22.4. The largest absolute Gasteiger partial charge is 0.387 e. The van der Waals surface area contributed by atoms with Crippen LogP contribution in [0.2, 0.25) is 0 Å². The van der Waals surface area contributed by atoms with E-state index in [1.54, 1.807) is 43.5 Å². The minimum Gasteiger partial charge on any atom is -0.387 e. The number of alkyl halides is 1. The number of amides is 1. The molecule has 0 spiro atoms. The van der Waals surface area contributed by atoms with Crippen molar-refractivity contribution in [1.29, 1.82) is 0 Å². The van der Waals surface area contributed by atoms with Crippen LogP contribution in [0.5, 0.6) is 0 Å². The Labute approximate surface area is 198 Å². The van der Waals surface area contributed by atoms with Crippen molar-refractivity contribution in [1.82, 2.24) is 25.0 Å². The number of aliphatic hydroxyl groups is 1. The smallest absolute Gasteiger partial charge is 0.259 e. The lowest BCUT2D eigenvalue weighted by Gasteiger charge is -2.12. The number of fused-ring (bicyclic) bond motifs is 1. The highest BCUT2D eigenvalue weighted by Gasteiger charge is 2.22. The summed E-state index contributed by atoms with van der Waals surface area (Å²) < 4.78 is 30.0. The first-order valence-electron chi connectivity index (χ1n) is 10.8. The molecule has 176 valence electrons. The zero-order chi connectivity index (χ0) is 24.5. The molecule has 0 saturated heterocycles. The van der Waals surface area contributed by atoms with Crippen LogP contribution < -0.4 is 5.32 Å². The highest BCUT2D eigenvalue weighted by Crippen LogP contribution is 2.30. The zero-order valence-corrected chi connectivity index (χ0v) is 18.5. The monoisotopic (exact) mass is 474 g/mol. The molecule has 2 aromatic carbocycles. The van der Waals surface area contributed by atoms with E-state index in [2.05, 4.69) is 25.6 Å². The maximum Gasteiger partial charge on any atom is 0.259 e. The summed E-state index contributed by atoms with van der Waals surface area (Å²) in [5.41, 5.74) is 2.30. The number of carbonyl (C=O) groups is 1. The number of nitrogens with one attached hydrogen (secondary N) is 2. The van der Waals surface area contributed by atoms with Crippen molar-refractivity contribution in [2.24, 2.45) is 0 Å². The predicted octanol–water partition coefficient (Wildman–Crippen LogP) is 4.72. The summed E-state index contributed by atoms with van der Waals surface area (Å²) in [7, 11) is 0. The summed E-state index contributed by atoms with van der Waals surface area (Å²) in [6, 6.07) is 16.3. The lowest BCUT2D eigenvalue weighted by Crippen LogP contribution is -2.17. The molecular formula is C25H20F2N6O2. The van der Waals surface area contributed by atoms with Crippen LogP contribution in [0.3, 0.4) is 0 Å². The first-order chi connectivity index (χ1) is 17.0. The molecule has 1 atom stereocenters. The summed E-state index contributed by atoms with van der Waals surface area (Å²) in [5.74, 6) is -1.44. The molecule has 3 aromatic heterocycles. The number of benzene rings is 2. The number of hydrogen-bond donors (Lipinski definition) is 3. The van der Waals surface area contributed by atoms with E-state index in [-0.39, 0.29) is 16.9 Å². The number of halogens is 2. The standard InChI is InChI=1S/C25H20F2N6O2/c1-14(34)20-7-8-22-23(29-20)24(33(32-22)16-5-3-2-4-6-16)30-25(35)18-12-17(21-9-10-28-31-21)15(13-26)11-19(18)27/h2-12,14,34H,13H2,1H3,(H,28,31)(H,30,35). The minimum absolute atomic E-state index is 0.0779. The number of anilines is 1. The highest BCUT2D eigenvalue weighted by atomic mass is 19.1. The van der Waals surface area contributed by atoms with Crippen LogP contribution in [-0.2, 0) is 6.67 Å². The van der Waals surface area contributed by atoms with Gasteiger partial charge in [-0.15, -0.1) is 0 Å². The molecular weight excluding hydrogens is 454 g/mol. The third-order valence-electron chi connectivity index (χ3n) is 5.56. The van der Waals surface area contributed by atoms with E-state index in [1.165, 1.54) is 10.7 Å². The molecule has 10 heteroatoms. The number of pyridine rings is 1. The fourth-order valence-electron chi connectivity index (χ4n) is 3.80. The molecule has 8 nitrogen and oxygen atoms in total. The van der Waals surface area contributed by atoms with Crippen molar-refractivity contribution in [3.63, 3.8) is 0 Å². The second-order valence-corrected chi connectivity index (χ2v) is 7.91. The van der Waals surface area contributed by atoms with Gasteiger partial charge in [0.15, 0.2) is 5.82 Å². The van der Waals surface area contributed by atoms with Gasteiger partial charge >= 0.3 is 0 Å². The Morgan fingerprint density at radius 2 is 1.97 bits per heavy atom. The van der Waals surface area contributed by atoms with Gasteiger partial charge in [0.25, 0.3) is 5.91 Å². The van der Waals surface area contributed by atoms with Gasteiger partial charge in [0.05, 0.1) is 28.7 Å². The van der Waals surface area contributed by atoms with Crippen LogP contribution in [0.4, 0.5) is 14.6 Å². The highest BCUT2D eigenvalue weighted by molar-refractivity contribution is 6.08. The summed E-state index contributed by atoms with van der Waals surface area (Å²) in [4.78, 5) is 17.8. The molecule has 0 radical (unpaired) electrons. The molecule has 0 aliphatic carbocycles. The molecule has 0 saturated carbocycles. The molecule has 0 aliphatic rings. The molecule has 3 N–H and O–H groups in total. The quantitative estimate of drug-likeness (QED) is 0.330. The van der Waals surface area contributed by atoms with Crippen molar-refractivity contribution in [3.05, 3.63) is 89.5 Å². The fourth-order valence-corrected chi connectivity index (χ4v) is 3.80. The van der Waals surface area contributed by atoms with Crippen LogP contribution in [0.15, 0.2) is 66.9 Å². The van der Waals surface area contributed by atoms with Crippen LogP contribution >= 0.6 is 0 Å². The van der Waals surface area contributed by atoms with Gasteiger partial charge in [-0.25, -0.2) is 18.4 Å². The molecule has 1 unspecified atom stereocenters. The van der Waals surface area contributed by atoms with Gasteiger partial charge < -0.3 is 10.4 Å². The Morgan fingerprint density at radius 1 is 1.17 bits per heavy atom. The van der Waals surface area contributed by atoms with Gasteiger partial charge in [-0.3, -0.25) is 9.89 Å². The van der Waals surface area contributed by atoms with Crippen molar-refractivity contribution in [3.8, 4) is 16.9 Å². The van der Waals surface area contributed by atoms with Crippen LogP contribution in [0.25, 0.3) is 28.0 Å². The number of carbonyl (C=O) groups excluding carboxylic acids is 1. The van der Waals surface area contributed by atoms with Crippen molar-refractivity contribution in [2.75, 3.05) is 5.32 Å². The molecule has 1 amide bonds. The van der Waals surface area contributed by atoms with E-state index >= 15 is 0 Å². The normalized spacial score (nSPS) is 12.1. The average Bonchev–Trinajstić information content (AvgIpc) is 3.52. The predicted molar refractivity (Wildman–Crippen MR) is 126 cm³/mol. The first-order valence-corrected chi connectivity index (χ1v) is 10.8. The number of para-hydroxylation sites is 1. The zero-order valence-electron chi connectivity index (χ0n) is 18.5. The molecule has 0 bridgehead atoms. The summed E-state index contributed by atoms with van der Waals surface area (Å²) in [6.45, 7) is 0.658. The number of aromatic nitrogens is 5. The lowest BCUT2D eigenvalue weighted by atomic mass is 10.0. The molecule has 5 rings (SSSR count). The molecule has 3 heterocycles. The van der Waals surface area contributed by atoms with Gasteiger partial charge in [0, 0.05) is 11.8 Å². The number of aliphatic hydroxyl groups excluding tert-OH is 1. The Bertz CT molecular complexity index is 1510. The fraction of sp³-hybridized carbons (Fsp3) is 0.120. The van der Waals surface area contributed by atoms with E-state index in [9.17, 15) is 18.7 Å². The van der Waals surface area contributed by atoms with Crippen molar-refractivity contribution < 1.29 is 18.7 Å². The second kappa shape index (κ2) is 9.07. The Hall–Kier alpha value is -4.44. The number of rotatable bonds is 6. The van der Waals surface area contributed by atoms with Gasteiger partial charge in [-0.2, -0.15) is 10.2 Å². The average molecular weight is 474 g/mol. The molecule has 35 heavy (non-hydrogen) atoms. The van der Waals surface area contributed by atoms with Gasteiger partial charge in [-0.05, 0) is 55.0 Å². The Balaban J connectivity index is 1.63. The van der Waals surface area contributed by atoms with E-state index in [4.69, 9.17) is 0 Å². The second-order valence-electron chi connectivity index (χ2n) is 7.91. The number of aromatic amines is 1. The number of hydrogen-bond acceptors (Lipinski definition) is 5. The maximum absolute atomic E-state index is 14.9. The Morgan fingerprint density at radius 3 is 2.66 bits per heavy atom. The van der Waals surface area contributed by atoms with Crippen molar-refractivity contribution in [2.45, 2.75) is 19.7 Å². The van der Waals surface area contributed by atoms with E-state index in [0.29, 0.717) is 33.7 Å². The van der Waals surface area contributed by atoms with E-state index in [0.717, 1.165) is 6.07 Å². The Kier molecular flexibility index (Phi) is 5.79. The molecule has 0 aliphatic heterocycles. The third-order valence-corrected chi connectivity index (χ3v) is 5.56. The van der Waals surface area contributed by atoms with Crippen LogP contribution in [0.1, 0.15) is 34.6 Å². The van der Waals surface area contributed by atoms with E-state index < -0.39 is 24.5 Å². The summed E-state index contributed by atoms with van der Waals surface area (Å²) in [5, 5.41) is 23.9. The van der Waals surface area contributed by atoms with Gasteiger partial charge in [-0.1, -0.05) is 18.2 Å². The van der Waals surface area contributed by atoms with Crippen molar-refractivity contribution >= 4 is 22.8 Å². The SMILES string of the molecule is CC(O)c1ccc2nn(-c3ccccc3)c(NC(=O)c3cc(-c4cc[nH]n4)c(CF)cc3F)c2n1. The van der Waals surface area contributed by atoms with E-state index in [1.807, 2.05) is 18.2 Å². The topological polar surface area (TPSA) is 109 Å². The summed E-state index contributed by atoms with van der Waals surface area (Å²) >= 11 is 0. The van der Waals surface area contributed by atoms with Crippen LogP contribution in [-0.4, -0.2) is 36.0 Å². The number of nitrogens with zero attached hydrogens (tertiary/aromatic N) is 4. The molecule has 5 aromatic rings. The minimum atomic E-state index is -0.918. The van der Waals surface area contributed by atoms with Gasteiger partial charge in [0.2, 0.25) is 0 Å². The van der Waals surface area contributed by atoms with Gasteiger partial charge in [0.1, 0.15) is 23.5 Å². The molecule has 0 fully saturated rings. The number of H-pyrrole nitrogens is 1. The summed E-state index contributed by atoms with van der Waals surface area (Å²) in [6.07, 6.45) is 0.710. The maximum atomic E-state index is 14.9.